The van der Waals surface area contributed by atoms with Crippen molar-refractivity contribution in [1.82, 2.24) is 10.2 Å². The third kappa shape index (κ3) is 3.94. The molecule has 5 heteroatoms. The number of carbonyl (C=O) groups is 1. The number of benzene rings is 1. The summed E-state index contributed by atoms with van der Waals surface area (Å²) in [5.41, 5.74) is 0.647. The third-order valence-electron chi connectivity index (χ3n) is 3.33. The first-order valence-corrected chi connectivity index (χ1v) is 7.34. The molecule has 1 amide bonds. The molecule has 0 atom stereocenters. The first-order valence-electron chi connectivity index (χ1n) is 6.55. The van der Waals surface area contributed by atoms with Crippen LogP contribution in [0.5, 0.6) is 5.75 Å². The highest BCUT2D eigenvalue weighted by molar-refractivity contribution is 9.10. The molecule has 1 aromatic carbocycles. The first kappa shape index (κ1) is 14.3. The van der Waals surface area contributed by atoms with Crippen LogP contribution in [0.2, 0.25) is 0 Å². The molecule has 4 nitrogen and oxygen atoms in total. The number of ether oxygens (including phenoxy) is 1. The van der Waals surface area contributed by atoms with Crippen molar-refractivity contribution in [2.24, 2.45) is 0 Å². The number of hydrogen-bond acceptors (Lipinski definition) is 3. The van der Waals surface area contributed by atoms with E-state index >= 15 is 0 Å². The van der Waals surface area contributed by atoms with Crippen molar-refractivity contribution >= 4 is 21.8 Å². The number of rotatable bonds is 5. The van der Waals surface area contributed by atoms with Crippen LogP contribution in [0, 0.1) is 0 Å². The van der Waals surface area contributed by atoms with E-state index in [0.29, 0.717) is 12.1 Å². The minimum Gasteiger partial charge on any atom is -0.496 e. The van der Waals surface area contributed by atoms with Gasteiger partial charge in [0.2, 0.25) is 0 Å². The average Bonchev–Trinajstić information content (AvgIpc) is 2.91. The molecule has 1 aliphatic heterocycles. The standard InChI is InChI=1S/C14H19BrN2O2/c1-19-13-5-4-11(10-12(13)15)14(18)16-6-9-17-7-2-3-8-17/h4-5,10H,2-3,6-9H2,1H3,(H,16,18). The minimum atomic E-state index is -0.0393. The van der Waals surface area contributed by atoms with Gasteiger partial charge >= 0.3 is 0 Å². The van der Waals surface area contributed by atoms with Crippen molar-refractivity contribution in [3.8, 4) is 5.75 Å². The van der Waals surface area contributed by atoms with E-state index in [0.717, 1.165) is 29.9 Å². The Kier molecular flexibility index (Phi) is 5.22. The van der Waals surface area contributed by atoms with Gasteiger partial charge in [-0.15, -0.1) is 0 Å². The predicted octanol–water partition coefficient (Wildman–Crippen LogP) is 2.28. The second kappa shape index (κ2) is 6.91. The van der Waals surface area contributed by atoms with E-state index < -0.39 is 0 Å². The number of methoxy groups -OCH3 is 1. The van der Waals surface area contributed by atoms with Gasteiger partial charge in [0.15, 0.2) is 0 Å². The van der Waals surface area contributed by atoms with Crippen LogP contribution >= 0.6 is 15.9 Å². The van der Waals surface area contributed by atoms with Gasteiger partial charge in [-0.3, -0.25) is 4.79 Å². The summed E-state index contributed by atoms with van der Waals surface area (Å²) in [5.74, 6) is 0.691. The number of hydrogen-bond donors (Lipinski definition) is 1. The number of halogens is 1. The van der Waals surface area contributed by atoms with Crippen LogP contribution in [-0.4, -0.2) is 44.1 Å². The van der Waals surface area contributed by atoms with Gasteiger partial charge in [0.25, 0.3) is 5.91 Å². The molecule has 19 heavy (non-hydrogen) atoms. The molecule has 2 rings (SSSR count). The van der Waals surface area contributed by atoms with Crippen molar-refractivity contribution in [1.29, 1.82) is 0 Å². The van der Waals surface area contributed by atoms with Gasteiger partial charge in [0.1, 0.15) is 5.75 Å². The van der Waals surface area contributed by atoms with E-state index in [9.17, 15) is 4.79 Å². The Labute approximate surface area is 122 Å². The van der Waals surface area contributed by atoms with E-state index in [1.807, 2.05) is 0 Å². The van der Waals surface area contributed by atoms with Crippen molar-refractivity contribution in [2.75, 3.05) is 33.3 Å². The second-order valence-electron chi connectivity index (χ2n) is 4.65. The number of amides is 1. The van der Waals surface area contributed by atoms with Crippen LogP contribution in [-0.2, 0) is 0 Å². The van der Waals surface area contributed by atoms with E-state index in [-0.39, 0.29) is 5.91 Å². The zero-order chi connectivity index (χ0) is 13.7. The van der Waals surface area contributed by atoms with E-state index in [2.05, 4.69) is 26.1 Å². The second-order valence-corrected chi connectivity index (χ2v) is 5.51. The van der Waals surface area contributed by atoms with Crippen LogP contribution in [0.1, 0.15) is 23.2 Å². The molecule has 0 unspecified atom stereocenters. The Bertz CT molecular complexity index is 445. The summed E-state index contributed by atoms with van der Waals surface area (Å²) in [6.07, 6.45) is 2.55. The van der Waals surface area contributed by atoms with Gasteiger partial charge in [0, 0.05) is 18.7 Å². The maximum atomic E-state index is 12.0. The van der Waals surface area contributed by atoms with Crippen molar-refractivity contribution in [3.63, 3.8) is 0 Å². The summed E-state index contributed by atoms with van der Waals surface area (Å²) in [5, 5.41) is 2.95. The monoisotopic (exact) mass is 326 g/mol. The summed E-state index contributed by atoms with van der Waals surface area (Å²) in [4.78, 5) is 14.4. The predicted molar refractivity (Wildman–Crippen MR) is 78.7 cm³/mol. The topological polar surface area (TPSA) is 41.6 Å². The van der Waals surface area contributed by atoms with Crippen LogP contribution < -0.4 is 10.1 Å². The maximum Gasteiger partial charge on any atom is 0.251 e. The van der Waals surface area contributed by atoms with Gasteiger partial charge in [0.05, 0.1) is 11.6 Å². The lowest BCUT2D eigenvalue weighted by Crippen LogP contribution is -2.33. The molecule has 1 saturated heterocycles. The smallest absolute Gasteiger partial charge is 0.251 e. The van der Waals surface area contributed by atoms with E-state index in [1.54, 1.807) is 25.3 Å². The molecule has 104 valence electrons. The summed E-state index contributed by atoms with van der Waals surface area (Å²) in [7, 11) is 1.61. The third-order valence-corrected chi connectivity index (χ3v) is 3.95. The summed E-state index contributed by atoms with van der Waals surface area (Å²) in [6.45, 7) is 3.94. The summed E-state index contributed by atoms with van der Waals surface area (Å²) < 4.78 is 5.94. The van der Waals surface area contributed by atoms with Gasteiger partial charge in [-0.2, -0.15) is 0 Å². The van der Waals surface area contributed by atoms with E-state index in [1.165, 1.54) is 12.8 Å². The fourth-order valence-electron chi connectivity index (χ4n) is 2.24. The van der Waals surface area contributed by atoms with Gasteiger partial charge in [-0.1, -0.05) is 0 Å². The molecule has 1 N–H and O–H groups in total. The van der Waals surface area contributed by atoms with Crippen molar-refractivity contribution < 1.29 is 9.53 Å². The van der Waals surface area contributed by atoms with Gasteiger partial charge in [-0.25, -0.2) is 0 Å². The molecule has 0 radical (unpaired) electrons. The number of carbonyl (C=O) groups excluding carboxylic acids is 1. The molecule has 1 aromatic rings. The quantitative estimate of drug-likeness (QED) is 0.902. The highest BCUT2D eigenvalue weighted by Gasteiger charge is 2.12. The van der Waals surface area contributed by atoms with Crippen LogP contribution in [0.3, 0.4) is 0 Å². The molecule has 1 fully saturated rings. The lowest BCUT2D eigenvalue weighted by Gasteiger charge is -2.14. The molecular weight excluding hydrogens is 308 g/mol. The molecule has 1 aliphatic rings. The zero-order valence-corrected chi connectivity index (χ0v) is 12.7. The normalized spacial score (nSPS) is 15.5. The first-order chi connectivity index (χ1) is 9.20. The number of likely N-dealkylation sites (tertiary alicyclic amines) is 1. The molecule has 0 aliphatic carbocycles. The van der Waals surface area contributed by atoms with Crippen molar-refractivity contribution in [2.45, 2.75) is 12.8 Å². The maximum absolute atomic E-state index is 12.0. The Hall–Kier alpha value is -1.07. The summed E-state index contributed by atoms with van der Waals surface area (Å²) >= 11 is 3.38. The number of nitrogens with zero attached hydrogens (tertiary/aromatic N) is 1. The molecule has 0 spiro atoms. The minimum absolute atomic E-state index is 0.0393. The van der Waals surface area contributed by atoms with Crippen LogP contribution in [0.4, 0.5) is 0 Å². The highest BCUT2D eigenvalue weighted by Crippen LogP contribution is 2.25. The highest BCUT2D eigenvalue weighted by atomic mass is 79.9. The van der Waals surface area contributed by atoms with Gasteiger partial charge < -0.3 is 15.0 Å². The lowest BCUT2D eigenvalue weighted by molar-refractivity contribution is 0.0949. The Morgan fingerprint density at radius 3 is 2.79 bits per heavy atom. The van der Waals surface area contributed by atoms with E-state index in [4.69, 9.17) is 4.74 Å². The molecule has 0 bridgehead atoms. The molecule has 0 aromatic heterocycles. The average molecular weight is 327 g/mol. The fourth-order valence-corrected chi connectivity index (χ4v) is 2.78. The zero-order valence-electron chi connectivity index (χ0n) is 11.1. The molecule has 1 heterocycles. The van der Waals surface area contributed by atoms with Gasteiger partial charge in [-0.05, 0) is 60.1 Å². The van der Waals surface area contributed by atoms with Crippen LogP contribution in [0.25, 0.3) is 0 Å². The Morgan fingerprint density at radius 2 is 2.16 bits per heavy atom. The SMILES string of the molecule is COc1ccc(C(=O)NCCN2CCCC2)cc1Br. The largest absolute Gasteiger partial charge is 0.496 e. The molecule has 0 saturated carbocycles. The summed E-state index contributed by atoms with van der Waals surface area (Å²) in [6, 6.07) is 5.35. The van der Waals surface area contributed by atoms with Crippen LogP contribution in [0.15, 0.2) is 22.7 Å². The van der Waals surface area contributed by atoms with Crippen molar-refractivity contribution in [3.05, 3.63) is 28.2 Å². The number of nitrogens with one attached hydrogen (secondary N) is 1. The Balaban J connectivity index is 1.83. The fraction of sp³-hybridized carbons (Fsp3) is 0.500. The molecular formula is C14H19BrN2O2. The lowest BCUT2D eigenvalue weighted by atomic mass is 10.2. The Morgan fingerprint density at radius 1 is 1.42 bits per heavy atom.